The number of nitrogens with two attached hydrogens (primary N) is 1. The Kier molecular flexibility index (Phi) is 3.56. The lowest BCUT2D eigenvalue weighted by Crippen LogP contribution is -2.02. The second-order valence-corrected chi connectivity index (χ2v) is 3.50. The molecular weight excluding hydrogens is 236 g/mol. The number of methoxy groups -OCH3 is 1. The van der Waals surface area contributed by atoms with Gasteiger partial charge in [-0.2, -0.15) is 15.1 Å². The molecule has 2 aromatic rings. The summed E-state index contributed by atoms with van der Waals surface area (Å²) in [6.45, 7) is 2.89. The molecule has 2 rings (SSSR count). The van der Waals surface area contributed by atoms with Gasteiger partial charge in [-0.05, 0) is 6.42 Å². The van der Waals surface area contributed by atoms with Crippen LogP contribution in [0.2, 0.25) is 0 Å². The molecule has 0 bridgehead atoms. The van der Waals surface area contributed by atoms with Crippen LogP contribution in [0, 0.1) is 0 Å². The number of aryl methyl sites for hydroxylation is 1. The normalized spacial score (nSPS) is 10.3. The van der Waals surface area contributed by atoms with Gasteiger partial charge in [0.1, 0.15) is 0 Å². The van der Waals surface area contributed by atoms with E-state index in [2.05, 4.69) is 27.0 Å². The van der Waals surface area contributed by atoms with Crippen LogP contribution in [-0.4, -0.2) is 31.8 Å². The maximum Gasteiger partial charge on any atom is 0.330 e. The second kappa shape index (κ2) is 5.30. The first kappa shape index (κ1) is 12.1. The zero-order chi connectivity index (χ0) is 13.0. The molecule has 8 heteroatoms. The lowest BCUT2D eigenvalue weighted by atomic mass is 10.5. The minimum Gasteiger partial charge on any atom is -0.467 e. The highest BCUT2D eigenvalue weighted by Gasteiger charge is 2.08. The third-order valence-electron chi connectivity index (χ3n) is 2.07. The largest absolute Gasteiger partial charge is 0.467 e. The van der Waals surface area contributed by atoms with Crippen molar-refractivity contribution in [2.75, 3.05) is 12.8 Å². The number of anilines is 1. The zero-order valence-electron chi connectivity index (χ0n) is 10.2. The fourth-order valence-corrected chi connectivity index (χ4v) is 1.34. The van der Waals surface area contributed by atoms with E-state index in [1.54, 1.807) is 17.1 Å². The first-order valence-corrected chi connectivity index (χ1v) is 5.47. The van der Waals surface area contributed by atoms with Crippen molar-refractivity contribution in [2.24, 2.45) is 0 Å². The molecule has 0 saturated carbocycles. The first-order chi connectivity index (χ1) is 8.71. The van der Waals surface area contributed by atoms with Crippen LogP contribution in [0.15, 0.2) is 12.4 Å². The zero-order valence-corrected chi connectivity index (χ0v) is 10.2. The highest BCUT2D eigenvalue weighted by Crippen LogP contribution is 2.18. The van der Waals surface area contributed by atoms with Gasteiger partial charge in [0, 0.05) is 6.54 Å². The van der Waals surface area contributed by atoms with Crippen molar-refractivity contribution >= 4 is 5.95 Å². The van der Waals surface area contributed by atoms with E-state index in [9.17, 15) is 0 Å². The van der Waals surface area contributed by atoms with Crippen molar-refractivity contribution in [2.45, 2.75) is 19.9 Å². The Labute approximate surface area is 104 Å². The number of ether oxygens (including phenoxy) is 2. The molecule has 18 heavy (non-hydrogen) atoms. The molecule has 2 heterocycles. The smallest absolute Gasteiger partial charge is 0.330 e. The summed E-state index contributed by atoms with van der Waals surface area (Å²) >= 11 is 0. The number of hydrogen-bond acceptors (Lipinski definition) is 7. The summed E-state index contributed by atoms with van der Waals surface area (Å²) in [6.07, 6.45) is 4.34. The molecule has 8 nitrogen and oxygen atoms in total. The number of nitrogens with zero attached hydrogens (tertiary/aromatic N) is 5. The van der Waals surface area contributed by atoms with E-state index in [1.165, 1.54) is 7.11 Å². The maximum atomic E-state index is 5.50. The summed E-state index contributed by atoms with van der Waals surface area (Å²) in [5.41, 5.74) is 5.50. The van der Waals surface area contributed by atoms with E-state index < -0.39 is 0 Å². The Hall–Kier alpha value is -2.38. The third-order valence-corrected chi connectivity index (χ3v) is 2.07. The van der Waals surface area contributed by atoms with Crippen LogP contribution < -0.4 is 15.2 Å². The highest BCUT2D eigenvalue weighted by molar-refractivity contribution is 5.24. The average Bonchev–Trinajstić information content (AvgIpc) is 2.76. The van der Waals surface area contributed by atoms with Gasteiger partial charge in [-0.1, -0.05) is 6.92 Å². The van der Waals surface area contributed by atoms with Crippen LogP contribution in [0.25, 0.3) is 0 Å². The fraction of sp³-hybridized carbons (Fsp3) is 0.400. The Morgan fingerprint density at radius 2 is 2.06 bits per heavy atom. The summed E-state index contributed by atoms with van der Waals surface area (Å²) in [6, 6.07) is 0.189. The maximum absolute atomic E-state index is 5.50. The van der Waals surface area contributed by atoms with Crippen LogP contribution in [0.3, 0.4) is 0 Å². The van der Waals surface area contributed by atoms with Crippen LogP contribution in [0.4, 0.5) is 5.95 Å². The Morgan fingerprint density at radius 3 is 2.78 bits per heavy atom. The predicted molar refractivity (Wildman–Crippen MR) is 63.4 cm³/mol. The minimum atomic E-state index is 0.0396. The molecule has 0 atom stereocenters. The van der Waals surface area contributed by atoms with E-state index >= 15 is 0 Å². The molecule has 0 saturated heterocycles. The standard InChI is InChI=1S/C10H14N6O2/c1-3-4-16-6-7(5-12-16)18-10-14-8(11)13-9(15-10)17-2/h5-6H,3-4H2,1-2H3,(H2,11,13,14,15). The van der Waals surface area contributed by atoms with Crippen molar-refractivity contribution in [3.05, 3.63) is 12.4 Å². The van der Waals surface area contributed by atoms with Gasteiger partial charge < -0.3 is 15.2 Å². The SMILES string of the molecule is CCCn1cc(Oc2nc(N)nc(OC)n2)cn1. The van der Waals surface area contributed by atoms with Gasteiger partial charge in [0.2, 0.25) is 5.95 Å². The van der Waals surface area contributed by atoms with E-state index in [1.807, 2.05) is 0 Å². The summed E-state index contributed by atoms with van der Waals surface area (Å²) in [5, 5.41) is 4.13. The molecule has 2 N–H and O–H groups in total. The molecule has 0 spiro atoms. The van der Waals surface area contributed by atoms with Gasteiger partial charge in [0.15, 0.2) is 5.75 Å². The van der Waals surface area contributed by atoms with Crippen molar-refractivity contribution in [1.82, 2.24) is 24.7 Å². The third kappa shape index (κ3) is 2.84. The molecule has 0 amide bonds. The summed E-state index contributed by atoms with van der Waals surface area (Å²) in [7, 11) is 1.44. The summed E-state index contributed by atoms with van der Waals surface area (Å²) in [5.74, 6) is 0.578. The topological polar surface area (TPSA) is 101 Å². The monoisotopic (exact) mass is 250 g/mol. The van der Waals surface area contributed by atoms with Crippen LogP contribution in [0.1, 0.15) is 13.3 Å². The van der Waals surface area contributed by atoms with Crippen molar-refractivity contribution in [3.8, 4) is 17.8 Å². The molecule has 0 unspecified atom stereocenters. The quantitative estimate of drug-likeness (QED) is 0.839. The van der Waals surface area contributed by atoms with Gasteiger partial charge in [0.25, 0.3) is 0 Å². The molecule has 0 radical (unpaired) electrons. The highest BCUT2D eigenvalue weighted by atomic mass is 16.5. The van der Waals surface area contributed by atoms with E-state index in [4.69, 9.17) is 15.2 Å². The summed E-state index contributed by atoms with van der Waals surface area (Å²) in [4.78, 5) is 11.5. The van der Waals surface area contributed by atoms with Crippen LogP contribution >= 0.6 is 0 Å². The predicted octanol–water partition coefficient (Wildman–Crippen LogP) is 0.861. The Morgan fingerprint density at radius 1 is 1.28 bits per heavy atom. The van der Waals surface area contributed by atoms with Gasteiger partial charge in [0.05, 0.1) is 19.5 Å². The van der Waals surface area contributed by atoms with Crippen molar-refractivity contribution in [1.29, 1.82) is 0 Å². The molecular formula is C10H14N6O2. The van der Waals surface area contributed by atoms with Crippen LogP contribution in [0.5, 0.6) is 17.8 Å². The number of rotatable bonds is 5. The molecule has 0 aliphatic heterocycles. The van der Waals surface area contributed by atoms with Gasteiger partial charge in [-0.3, -0.25) is 4.68 Å². The van der Waals surface area contributed by atoms with Crippen molar-refractivity contribution in [3.63, 3.8) is 0 Å². The number of hydrogen-bond donors (Lipinski definition) is 1. The second-order valence-electron chi connectivity index (χ2n) is 3.50. The molecule has 2 aromatic heterocycles. The van der Waals surface area contributed by atoms with Crippen LogP contribution in [-0.2, 0) is 6.54 Å². The molecule has 0 aromatic carbocycles. The molecule has 96 valence electrons. The Balaban J connectivity index is 2.14. The summed E-state index contributed by atoms with van der Waals surface area (Å²) < 4.78 is 12.1. The number of nitrogen functional groups attached to an aromatic ring is 1. The lowest BCUT2D eigenvalue weighted by Gasteiger charge is -2.03. The van der Waals surface area contributed by atoms with Gasteiger partial charge >= 0.3 is 12.0 Å². The van der Waals surface area contributed by atoms with Gasteiger partial charge in [-0.15, -0.1) is 4.98 Å². The van der Waals surface area contributed by atoms with E-state index in [0.29, 0.717) is 5.75 Å². The fourth-order valence-electron chi connectivity index (χ4n) is 1.34. The average molecular weight is 250 g/mol. The molecule has 0 fully saturated rings. The Bertz CT molecular complexity index is 527. The minimum absolute atomic E-state index is 0.0396. The lowest BCUT2D eigenvalue weighted by molar-refractivity contribution is 0.360. The van der Waals surface area contributed by atoms with E-state index in [-0.39, 0.29) is 18.0 Å². The molecule has 0 aliphatic rings. The number of aromatic nitrogens is 5. The van der Waals surface area contributed by atoms with Gasteiger partial charge in [-0.25, -0.2) is 0 Å². The van der Waals surface area contributed by atoms with Crippen molar-refractivity contribution < 1.29 is 9.47 Å². The molecule has 0 aliphatic carbocycles. The first-order valence-electron chi connectivity index (χ1n) is 5.47. The van der Waals surface area contributed by atoms with E-state index in [0.717, 1.165) is 13.0 Å².